The molecule has 0 rings (SSSR count). The monoisotopic (exact) mass is 323 g/mol. The van der Waals surface area contributed by atoms with Crippen LogP contribution < -0.4 is 10.8 Å². The molecule has 0 saturated carbocycles. The van der Waals surface area contributed by atoms with Gasteiger partial charge in [0, 0.05) is 6.16 Å². The third kappa shape index (κ3) is 7.79. The summed E-state index contributed by atoms with van der Waals surface area (Å²) in [4.78, 5) is 34.3. The van der Waals surface area contributed by atoms with Gasteiger partial charge < -0.3 is 25.9 Å². The third-order valence-electron chi connectivity index (χ3n) is 2.76. The maximum atomic E-state index is 12.0. The molecule has 0 heterocycles. The molecule has 0 aliphatic carbocycles. The summed E-state index contributed by atoms with van der Waals surface area (Å²) < 4.78 is 12.0. The first-order valence-electron chi connectivity index (χ1n) is 6.35. The second-order valence-corrected chi connectivity index (χ2v) is 7.07. The quantitative estimate of drug-likeness (QED) is 0.234. The SMILES string of the molecule is CCC(N=C([O-])CC[C@H](N)C(=O)O)P(=O)(O)CCC(=O)O. The topological polar surface area (TPSA) is 173 Å². The van der Waals surface area contributed by atoms with E-state index in [1.165, 1.54) is 0 Å². The Bertz CT molecular complexity index is 452. The smallest absolute Gasteiger partial charge is 0.320 e. The van der Waals surface area contributed by atoms with Crippen molar-refractivity contribution in [3.8, 4) is 0 Å². The Morgan fingerprint density at radius 2 is 1.90 bits per heavy atom. The van der Waals surface area contributed by atoms with Gasteiger partial charge in [-0.15, -0.1) is 0 Å². The zero-order chi connectivity index (χ0) is 16.6. The number of carboxylic acid groups (broad SMARTS) is 2. The van der Waals surface area contributed by atoms with Crippen LogP contribution in [0, 0.1) is 0 Å². The number of nitrogens with zero attached hydrogens (tertiary/aromatic N) is 1. The number of rotatable bonds is 10. The Hall–Kier alpha value is -1.44. The van der Waals surface area contributed by atoms with Crippen LogP contribution in [-0.2, 0) is 14.2 Å². The molecule has 10 heteroatoms. The van der Waals surface area contributed by atoms with Crippen molar-refractivity contribution in [1.29, 1.82) is 0 Å². The van der Waals surface area contributed by atoms with E-state index in [-0.39, 0.29) is 19.3 Å². The Balaban J connectivity index is 4.71. The van der Waals surface area contributed by atoms with Gasteiger partial charge >= 0.3 is 11.9 Å². The highest BCUT2D eigenvalue weighted by molar-refractivity contribution is 7.58. The van der Waals surface area contributed by atoms with Crippen LogP contribution in [0.15, 0.2) is 4.99 Å². The molecule has 2 unspecified atom stereocenters. The van der Waals surface area contributed by atoms with Crippen molar-refractivity contribution in [2.45, 2.75) is 44.4 Å². The van der Waals surface area contributed by atoms with Gasteiger partial charge in [-0.3, -0.25) is 19.1 Å². The lowest BCUT2D eigenvalue weighted by atomic mass is 10.2. The molecule has 0 aromatic carbocycles. The third-order valence-corrected chi connectivity index (χ3v) is 5.03. The first-order chi connectivity index (χ1) is 9.60. The Kier molecular flexibility index (Phi) is 8.16. The van der Waals surface area contributed by atoms with E-state index in [0.717, 1.165) is 0 Å². The van der Waals surface area contributed by atoms with E-state index >= 15 is 0 Å². The van der Waals surface area contributed by atoms with Crippen LogP contribution in [-0.4, -0.2) is 50.9 Å². The van der Waals surface area contributed by atoms with Crippen molar-refractivity contribution in [3.63, 3.8) is 0 Å². The lowest BCUT2D eigenvalue weighted by Gasteiger charge is -2.21. The first kappa shape index (κ1) is 19.6. The zero-order valence-electron chi connectivity index (χ0n) is 11.6. The number of aliphatic carboxylic acids is 2. The van der Waals surface area contributed by atoms with Crippen LogP contribution in [0.4, 0.5) is 0 Å². The Labute approximate surface area is 122 Å². The molecule has 0 aromatic rings. The van der Waals surface area contributed by atoms with Gasteiger partial charge in [-0.1, -0.05) is 6.92 Å². The van der Waals surface area contributed by atoms with Crippen LogP contribution in [0.3, 0.4) is 0 Å². The zero-order valence-corrected chi connectivity index (χ0v) is 12.5. The predicted octanol–water partition coefficient (Wildman–Crippen LogP) is -0.581. The van der Waals surface area contributed by atoms with E-state index in [1.807, 2.05) is 0 Å². The van der Waals surface area contributed by atoms with Gasteiger partial charge in [-0.25, -0.2) is 0 Å². The number of carboxylic acids is 2. The molecule has 21 heavy (non-hydrogen) atoms. The van der Waals surface area contributed by atoms with Crippen molar-refractivity contribution in [2.24, 2.45) is 10.7 Å². The maximum Gasteiger partial charge on any atom is 0.320 e. The molecule has 0 spiro atoms. The van der Waals surface area contributed by atoms with Gasteiger partial charge in [0.2, 0.25) is 7.37 Å². The molecular formula is C11H20N2O7P-. The predicted molar refractivity (Wildman–Crippen MR) is 73.3 cm³/mol. The van der Waals surface area contributed by atoms with Gasteiger partial charge in [0.15, 0.2) is 0 Å². The Morgan fingerprint density at radius 1 is 1.33 bits per heavy atom. The minimum atomic E-state index is -3.89. The standard InChI is InChI=1S/C11H21N2O7P/c1-2-9(21(19,20)6-5-10(15)16)13-8(14)4-3-7(12)11(17)18/h7,9H,2-6,12H2,1H3,(H,13,14)(H,15,16)(H,17,18)(H,19,20)/p-1/t7-,9?/m0/s1. The fraction of sp³-hybridized carbons (Fsp3) is 0.727. The molecule has 0 amide bonds. The molecule has 0 aromatic heterocycles. The highest BCUT2D eigenvalue weighted by atomic mass is 31.2. The van der Waals surface area contributed by atoms with E-state index in [4.69, 9.17) is 15.9 Å². The molecule has 122 valence electrons. The van der Waals surface area contributed by atoms with E-state index in [1.54, 1.807) is 6.92 Å². The molecule has 0 bridgehead atoms. The minimum Gasteiger partial charge on any atom is -0.862 e. The summed E-state index contributed by atoms with van der Waals surface area (Å²) in [5.74, 6) is -4.35. The first-order valence-corrected chi connectivity index (χ1v) is 8.27. The van der Waals surface area contributed by atoms with Crippen LogP contribution in [0.5, 0.6) is 0 Å². The van der Waals surface area contributed by atoms with E-state index in [9.17, 15) is 24.2 Å². The number of carbonyl (C=O) groups is 2. The van der Waals surface area contributed by atoms with Crippen LogP contribution >= 0.6 is 7.37 Å². The number of aliphatic imine (C=N–C) groups is 1. The lowest BCUT2D eigenvalue weighted by molar-refractivity contribution is -0.219. The molecule has 5 N–H and O–H groups in total. The fourth-order valence-electron chi connectivity index (χ4n) is 1.50. The van der Waals surface area contributed by atoms with Crippen LogP contribution in [0.1, 0.15) is 32.6 Å². The summed E-state index contributed by atoms with van der Waals surface area (Å²) in [6, 6.07) is -1.20. The molecule has 9 nitrogen and oxygen atoms in total. The number of nitrogens with two attached hydrogens (primary N) is 1. The average molecular weight is 323 g/mol. The average Bonchev–Trinajstić information content (AvgIpc) is 2.39. The maximum absolute atomic E-state index is 12.0. The molecule has 3 atom stereocenters. The Morgan fingerprint density at radius 3 is 2.33 bits per heavy atom. The molecule has 0 aliphatic rings. The minimum absolute atomic E-state index is 0.101. The highest BCUT2D eigenvalue weighted by Crippen LogP contribution is 2.48. The molecular weight excluding hydrogens is 303 g/mol. The van der Waals surface area contributed by atoms with Gasteiger partial charge in [0.1, 0.15) is 11.8 Å². The lowest BCUT2D eigenvalue weighted by Crippen LogP contribution is -2.32. The second-order valence-electron chi connectivity index (χ2n) is 4.52. The van der Waals surface area contributed by atoms with Crippen molar-refractivity contribution in [2.75, 3.05) is 6.16 Å². The van der Waals surface area contributed by atoms with E-state index in [2.05, 4.69) is 4.99 Å². The van der Waals surface area contributed by atoms with Crippen LogP contribution in [0.2, 0.25) is 0 Å². The fourth-order valence-corrected chi connectivity index (χ4v) is 3.19. The second kappa shape index (κ2) is 8.76. The van der Waals surface area contributed by atoms with Gasteiger partial charge in [-0.05, 0) is 25.2 Å². The normalized spacial score (nSPS) is 17.8. The van der Waals surface area contributed by atoms with Crippen molar-refractivity contribution in [1.82, 2.24) is 0 Å². The van der Waals surface area contributed by atoms with Crippen LogP contribution in [0.25, 0.3) is 0 Å². The van der Waals surface area contributed by atoms with Crippen molar-refractivity contribution in [3.05, 3.63) is 0 Å². The summed E-state index contributed by atoms with van der Waals surface area (Å²) in [5, 5.41) is 28.6. The summed E-state index contributed by atoms with van der Waals surface area (Å²) in [7, 11) is -3.89. The van der Waals surface area contributed by atoms with Gasteiger partial charge in [0.25, 0.3) is 0 Å². The largest absolute Gasteiger partial charge is 0.862 e. The van der Waals surface area contributed by atoms with E-state index in [0.29, 0.717) is 0 Å². The van der Waals surface area contributed by atoms with Gasteiger partial charge in [-0.2, -0.15) is 0 Å². The number of hydrogen-bond acceptors (Lipinski definition) is 6. The summed E-state index contributed by atoms with van der Waals surface area (Å²) >= 11 is 0. The highest BCUT2D eigenvalue weighted by Gasteiger charge is 2.29. The number of hydrogen-bond donors (Lipinski definition) is 4. The molecule has 0 fully saturated rings. The molecule has 0 radical (unpaired) electrons. The summed E-state index contributed by atoms with van der Waals surface area (Å²) in [5.41, 5.74) is 5.23. The van der Waals surface area contributed by atoms with Crippen molar-refractivity contribution < 1.29 is 34.4 Å². The van der Waals surface area contributed by atoms with Gasteiger partial charge in [0.05, 0.1) is 6.42 Å². The molecule has 0 aliphatic heterocycles. The van der Waals surface area contributed by atoms with E-state index < -0.39 is 49.6 Å². The summed E-state index contributed by atoms with van der Waals surface area (Å²) in [6.07, 6.45) is -1.23. The molecule has 0 saturated heterocycles. The summed E-state index contributed by atoms with van der Waals surface area (Å²) in [6.45, 7) is 1.55. The van der Waals surface area contributed by atoms with Crippen molar-refractivity contribution >= 4 is 25.2 Å².